The number of alkyl halides is 3. The zero-order chi connectivity index (χ0) is 14.8. The van der Waals surface area contributed by atoms with E-state index in [2.05, 4.69) is 15.9 Å². The van der Waals surface area contributed by atoms with Gasteiger partial charge in [0.2, 0.25) is 0 Å². The summed E-state index contributed by atoms with van der Waals surface area (Å²) < 4.78 is 43.9. The molecular formula is C14H11BrF3NO. The third-order valence-corrected chi connectivity index (χ3v) is 3.44. The van der Waals surface area contributed by atoms with E-state index in [0.29, 0.717) is 11.3 Å². The predicted molar refractivity (Wildman–Crippen MR) is 74.3 cm³/mol. The highest BCUT2D eigenvalue weighted by Gasteiger charge is 2.30. The Labute approximate surface area is 122 Å². The van der Waals surface area contributed by atoms with Crippen molar-refractivity contribution in [2.24, 2.45) is 0 Å². The Morgan fingerprint density at radius 2 is 1.80 bits per heavy atom. The van der Waals surface area contributed by atoms with Gasteiger partial charge < -0.3 is 10.5 Å². The van der Waals surface area contributed by atoms with Gasteiger partial charge in [0.1, 0.15) is 12.4 Å². The molecule has 0 amide bonds. The van der Waals surface area contributed by atoms with Crippen molar-refractivity contribution in [2.75, 3.05) is 5.73 Å². The molecule has 0 aliphatic carbocycles. The Morgan fingerprint density at radius 3 is 2.45 bits per heavy atom. The van der Waals surface area contributed by atoms with E-state index in [9.17, 15) is 13.2 Å². The van der Waals surface area contributed by atoms with Crippen LogP contribution in [0.15, 0.2) is 46.9 Å². The van der Waals surface area contributed by atoms with Crippen molar-refractivity contribution in [1.29, 1.82) is 0 Å². The first-order valence-electron chi connectivity index (χ1n) is 5.71. The number of benzene rings is 2. The van der Waals surface area contributed by atoms with E-state index in [-0.39, 0.29) is 12.4 Å². The number of anilines is 1. The van der Waals surface area contributed by atoms with Crippen LogP contribution in [0.25, 0.3) is 0 Å². The molecule has 2 aromatic rings. The highest BCUT2D eigenvalue weighted by atomic mass is 79.9. The third kappa shape index (κ3) is 3.45. The maximum atomic E-state index is 12.6. The lowest BCUT2D eigenvalue weighted by molar-refractivity contribution is -0.137. The van der Waals surface area contributed by atoms with Crippen LogP contribution in [0.2, 0.25) is 0 Å². The Bertz CT molecular complexity index is 593. The Morgan fingerprint density at radius 1 is 1.10 bits per heavy atom. The van der Waals surface area contributed by atoms with Crippen LogP contribution in [0.1, 0.15) is 11.1 Å². The average Bonchev–Trinajstić information content (AvgIpc) is 2.37. The summed E-state index contributed by atoms with van der Waals surface area (Å²) >= 11 is 3.33. The minimum Gasteiger partial charge on any atom is -0.489 e. The van der Waals surface area contributed by atoms with Crippen molar-refractivity contribution in [3.63, 3.8) is 0 Å². The molecule has 0 heterocycles. The van der Waals surface area contributed by atoms with E-state index < -0.39 is 11.7 Å². The minimum absolute atomic E-state index is 0.0918. The molecule has 0 aliphatic heterocycles. The van der Waals surface area contributed by atoms with Crippen molar-refractivity contribution in [2.45, 2.75) is 12.8 Å². The molecule has 6 heteroatoms. The van der Waals surface area contributed by atoms with Crippen LogP contribution in [0.3, 0.4) is 0 Å². The van der Waals surface area contributed by atoms with Gasteiger partial charge in [0, 0.05) is 15.7 Å². The number of ether oxygens (including phenoxy) is 1. The summed E-state index contributed by atoms with van der Waals surface area (Å²) in [5.41, 5.74) is 6.27. The molecule has 2 rings (SSSR count). The minimum atomic E-state index is -4.38. The second-order valence-corrected chi connectivity index (χ2v) is 4.98. The van der Waals surface area contributed by atoms with Gasteiger partial charge in [-0.05, 0) is 30.3 Å². The van der Waals surface area contributed by atoms with E-state index in [1.165, 1.54) is 12.1 Å². The molecule has 0 saturated heterocycles. The summed E-state index contributed by atoms with van der Waals surface area (Å²) in [5, 5.41) is 0. The molecule has 0 spiro atoms. The lowest BCUT2D eigenvalue weighted by atomic mass is 10.2. The number of nitrogen functional groups attached to an aromatic ring is 1. The summed E-state index contributed by atoms with van der Waals surface area (Å²) in [6, 6.07) is 10.0. The molecule has 2 aromatic carbocycles. The first-order valence-corrected chi connectivity index (χ1v) is 6.50. The van der Waals surface area contributed by atoms with Crippen molar-refractivity contribution >= 4 is 21.6 Å². The Kier molecular flexibility index (Phi) is 4.23. The molecule has 0 unspecified atom stereocenters. The molecule has 2 nitrogen and oxygen atoms in total. The first-order chi connectivity index (χ1) is 9.38. The van der Waals surface area contributed by atoms with E-state index >= 15 is 0 Å². The molecule has 0 atom stereocenters. The van der Waals surface area contributed by atoms with Gasteiger partial charge >= 0.3 is 6.18 Å². The lowest BCUT2D eigenvalue weighted by Gasteiger charge is -2.12. The number of rotatable bonds is 3. The second kappa shape index (κ2) is 5.75. The number of nitrogens with two attached hydrogens (primary N) is 1. The largest absolute Gasteiger partial charge is 0.489 e. The van der Waals surface area contributed by atoms with Crippen LogP contribution in [-0.4, -0.2) is 0 Å². The van der Waals surface area contributed by atoms with Crippen LogP contribution >= 0.6 is 15.9 Å². The number of halogens is 4. The van der Waals surface area contributed by atoms with Gasteiger partial charge in [-0.1, -0.05) is 28.1 Å². The fourth-order valence-corrected chi connectivity index (χ4v) is 2.14. The van der Waals surface area contributed by atoms with Crippen molar-refractivity contribution in [3.8, 4) is 5.75 Å². The van der Waals surface area contributed by atoms with E-state index in [1.807, 2.05) is 0 Å². The summed E-state index contributed by atoms with van der Waals surface area (Å²) in [4.78, 5) is 0. The van der Waals surface area contributed by atoms with Gasteiger partial charge in [-0.3, -0.25) is 0 Å². The van der Waals surface area contributed by atoms with E-state index in [0.717, 1.165) is 16.6 Å². The molecule has 0 saturated carbocycles. The van der Waals surface area contributed by atoms with Crippen molar-refractivity contribution < 1.29 is 17.9 Å². The summed E-state index contributed by atoms with van der Waals surface area (Å²) in [6.07, 6.45) is -4.38. The second-order valence-electron chi connectivity index (χ2n) is 4.12. The number of hydrogen-bond donors (Lipinski definition) is 1. The molecule has 0 fully saturated rings. The smallest absolute Gasteiger partial charge is 0.416 e. The fraction of sp³-hybridized carbons (Fsp3) is 0.143. The van der Waals surface area contributed by atoms with Gasteiger partial charge in [-0.2, -0.15) is 13.2 Å². The zero-order valence-electron chi connectivity index (χ0n) is 10.2. The van der Waals surface area contributed by atoms with Crippen molar-refractivity contribution in [1.82, 2.24) is 0 Å². The highest BCUT2D eigenvalue weighted by Crippen LogP contribution is 2.32. The van der Waals surface area contributed by atoms with Gasteiger partial charge in [0.25, 0.3) is 0 Å². The average molecular weight is 346 g/mol. The van der Waals surface area contributed by atoms with Crippen LogP contribution in [-0.2, 0) is 12.8 Å². The fourth-order valence-electron chi connectivity index (χ4n) is 1.65. The molecule has 20 heavy (non-hydrogen) atoms. The lowest BCUT2D eigenvalue weighted by Crippen LogP contribution is -2.06. The standard InChI is InChI=1S/C14H11BrF3NO/c15-12-5-2-6-13(19)11(12)8-20-10-4-1-3-9(7-10)14(16,17)18/h1-7H,8,19H2. The summed E-state index contributed by atoms with van der Waals surface area (Å²) in [5.74, 6) is 0.148. The van der Waals surface area contributed by atoms with Crippen LogP contribution < -0.4 is 10.5 Å². The van der Waals surface area contributed by atoms with E-state index in [4.69, 9.17) is 10.5 Å². The predicted octanol–water partition coefficient (Wildman–Crippen LogP) is 4.63. The van der Waals surface area contributed by atoms with Gasteiger partial charge in [0.05, 0.1) is 5.56 Å². The Balaban J connectivity index is 2.16. The molecule has 0 aliphatic rings. The maximum absolute atomic E-state index is 12.6. The first kappa shape index (κ1) is 14.7. The molecular weight excluding hydrogens is 335 g/mol. The summed E-state index contributed by atoms with van der Waals surface area (Å²) in [6.45, 7) is 0.0918. The monoisotopic (exact) mass is 345 g/mol. The van der Waals surface area contributed by atoms with Gasteiger partial charge in [0.15, 0.2) is 0 Å². The van der Waals surface area contributed by atoms with Crippen LogP contribution in [0, 0.1) is 0 Å². The SMILES string of the molecule is Nc1cccc(Br)c1COc1cccc(C(F)(F)F)c1. The normalized spacial score (nSPS) is 11.4. The molecule has 0 bridgehead atoms. The quantitative estimate of drug-likeness (QED) is 0.823. The van der Waals surface area contributed by atoms with Gasteiger partial charge in [-0.15, -0.1) is 0 Å². The molecule has 106 valence electrons. The summed E-state index contributed by atoms with van der Waals surface area (Å²) in [7, 11) is 0. The van der Waals surface area contributed by atoms with E-state index in [1.54, 1.807) is 18.2 Å². The topological polar surface area (TPSA) is 35.2 Å². The van der Waals surface area contributed by atoms with Crippen LogP contribution in [0.5, 0.6) is 5.75 Å². The van der Waals surface area contributed by atoms with Gasteiger partial charge in [-0.25, -0.2) is 0 Å². The molecule has 0 aromatic heterocycles. The molecule has 2 N–H and O–H groups in total. The molecule has 0 radical (unpaired) electrons. The third-order valence-electron chi connectivity index (χ3n) is 2.70. The van der Waals surface area contributed by atoms with Crippen LogP contribution in [0.4, 0.5) is 18.9 Å². The highest BCUT2D eigenvalue weighted by molar-refractivity contribution is 9.10. The number of hydrogen-bond acceptors (Lipinski definition) is 2. The zero-order valence-corrected chi connectivity index (χ0v) is 11.8. The maximum Gasteiger partial charge on any atom is 0.416 e. The Hall–Kier alpha value is -1.69. The van der Waals surface area contributed by atoms with Crippen molar-refractivity contribution in [3.05, 3.63) is 58.1 Å².